The first kappa shape index (κ1) is 20.8. The van der Waals surface area contributed by atoms with Crippen LogP contribution in [-0.2, 0) is 4.79 Å². The molecule has 0 aromatic heterocycles. The number of hydrogen-bond acceptors (Lipinski definition) is 5. The van der Waals surface area contributed by atoms with Gasteiger partial charge in [-0.05, 0) is 37.6 Å². The quantitative estimate of drug-likeness (QED) is 0.541. The number of hydrogen-bond donors (Lipinski definition) is 1. The number of carbonyl (C=O) groups excluding carboxylic acids is 1. The molecular weight excluding hydrogens is 356 g/mol. The van der Waals surface area contributed by atoms with Crippen molar-refractivity contribution in [2.45, 2.75) is 26.4 Å². The predicted molar refractivity (Wildman–Crippen MR) is 109 cm³/mol. The van der Waals surface area contributed by atoms with Gasteiger partial charge in [0.15, 0.2) is 11.5 Å². The fraction of sp³-hybridized carbons (Fsp3) is 0.273. The molecule has 0 bridgehead atoms. The van der Waals surface area contributed by atoms with Crippen molar-refractivity contribution in [1.82, 2.24) is 0 Å². The van der Waals surface area contributed by atoms with Gasteiger partial charge in [-0.2, -0.15) is 5.26 Å². The molecule has 0 saturated heterocycles. The lowest BCUT2D eigenvalue weighted by Crippen LogP contribution is -2.14. The van der Waals surface area contributed by atoms with E-state index in [1.165, 1.54) is 6.08 Å². The Morgan fingerprint density at radius 2 is 1.96 bits per heavy atom. The van der Waals surface area contributed by atoms with Gasteiger partial charge >= 0.3 is 0 Å². The smallest absolute Gasteiger partial charge is 0.266 e. The first-order valence-electron chi connectivity index (χ1n) is 8.93. The summed E-state index contributed by atoms with van der Waals surface area (Å²) in [5.41, 5.74) is 1.08. The number of ether oxygens (including phenoxy) is 3. The number of para-hydroxylation sites is 1. The van der Waals surface area contributed by atoms with Gasteiger partial charge in [-0.3, -0.25) is 4.79 Å². The molecule has 1 N–H and O–H groups in total. The normalized spacial score (nSPS) is 11.9. The van der Waals surface area contributed by atoms with Crippen LogP contribution in [0.4, 0.5) is 5.69 Å². The fourth-order valence-corrected chi connectivity index (χ4v) is 2.42. The maximum atomic E-state index is 12.6. The average molecular weight is 380 g/mol. The number of anilines is 1. The largest absolute Gasteiger partial charge is 0.497 e. The predicted octanol–water partition coefficient (Wildman–Crippen LogP) is 4.43. The van der Waals surface area contributed by atoms with Crippen LogP contribution in [0.5, 0.6) is 17.2 Å². The molecule has 0 unspecified atom stereocenters. The van der Waals surface area contributed by atoms with E-state index in [2.05, 4.69) is 5.32 Å². The van der Waals surface area contributed by atoms with E-state index in [1.807, 2.05) is 19.9 Å². The Labute approximate surface area is 165 Å². The average Bonchev–Trinajstić information content (AvgIpc) is 2.72. The van der Waals surface area contributed by atoms with Crippen molar-refractivity contribution in [3.8, 4) is 23.3 Å². The highest BCUT2D eigenvalue weighted by molar-refractivity contribution is 6.10. The number of carbonyl (C=O) groups is 1. The van der Waals surface area contributed by atoms with Crippen molar-refractivity contribution in [2.75, 3.05) is 19.5 Å². The molecule has 0 radical (unpaired) electrons. The summed E-state index contributed by atoms with van der Waals surface area (Å²) in [6.45, 7) is 3.96. The number of methoxy groups -OCH3 is 2. The zero-order chi connectivity index (χ0) is 20.5. The van der Waals surface area contributed by atoms with E-state index in [0.29, 0.717) is 28.5 Å². The monoisotopic (exact) mass is 380 g/mol. The summed E-state index contributed by atoms with van der Waals surface area (Å²) in [5.74, 6) is 1.13. The molecule has 6 nitrogen and oxygen atoms in total. The Balaban J connectivity index is 2.35. The van der Waals surface area contributed by atoms with Gasteiger partial charge in [0.25, 0.3) is 5.91 Å². The maximum Gasteiger partial charge on any atom is 0.266 e. The number of nitrogens with one attached hydrogen (secondary N) is 1. The van der Waals surface area contributed by atoms with Crippen molar-refractivity contribution in [3.05, 3.63) is 53.6 Å². The lowest BCUT2D eigenvalue weighted by atomic mass is 10.1. The van der Waals surface area contributed by atoms with Gasteiger partial charge in [-0.15, -0.1) is 0 Å². The summed E-state index contributed by atoms with van der Waals surface area (Å²) >= 11 is 0. The van der Waals surface area contributed by atoms with Crippen LogP contribution < -0.4 is 19.5 Å². The van der Waals surface area contributed by atoms with Crippen LogP contribution in [0.25, 0.3) is 6.08 Å². The van der Waals surface area contributed by atoms with Crippen molar-refractivity contribution < 1.29 is 19.0 Å². The highest BCUT2D eigenvalue weighted by Crippen LogP contribution is 2.34. The topological polar surface area (TPSA) is 80.6 Å². The van der Waals surface area contributed by atoms with Crippen molar-refractivity contribution >= 4 is 17.7 Å². The van der Waals surface area contributed by atoms with Gasteiger partial charge in [-0.1, -0.05) is 25.1 Å². The Morgan fingerprint density at radius 1 is 1.21 bits per heavy atom. The molecule has 0 aliphatic heterocycles. The molecule has 1 amide bonds. The highest BCUT2D eigenvalue weighted by atomic mass is 16.5. The minimum Gasteiger partial charge on any atom is -0.497 e. The Morgan fingerprint density at radius 3 is 2.61 bits per heavy atom. The van der Waals surface area contributed by atoms with Crippen LogP contribution in [0, 0.1) is 11.3 Å². The number of nitriles is 1. The van der Waals surface area contributed by atoms with E-state index in [0.717, 1.165) is 6.42 Å². The van der Waals surface area contributed by atoms with Crippen molar-refractivity contribution in [1.29, 1.82) is 5.26 Å². The summed E-state index contributed by atoms with van der Waals surface area (Å²) in [6, 6.07) is 14.2. The molecule has 0 fully saturated rings. The highest BCUT2D eigenvalue weighted by Gasteiger charge is 2.16. The summed E-state index contributed by atoms with van der Waals surface area (Å²) in [7, 11) is 3.09. The molecule has 0 aliphatic rings. The SMILES string of the molecule is CC[C@@H](C)Oc1c(/C=C(\C#N)C(=O)Nc2cccc(OC)c2)cccc1OC. The van der Waals surface area contributed by atoms with Gasteiger partial charge < -0.3 is 19.5 Å². The van der Waals surface area contributed by atoms with Crippen molar-refractivity contribution in [3.63, 3.8) is 0 Å². The molecule has 2 aromatic carbocycles. The molecule has 0 spiro atoms. The van der Waals surface area contributed by atoms with Gasteiger partial charge in [0.1, 0.15) is 17.4 Å². The van der Waals surface area contributed by atoms with Gasteiger partial charge in [0.05, 0.1) is 20.3 Å². The molecule has 6 heteroatoms. The lowest BCUT2D eigenvalue weighted by Gasteiger charge is -2.17. The summed E-state index contributed by atoms with van der Waals surface area (Å²) < 4.78 is 16.5. The van der Waals surface area contributed by atoms with Crippen LogP contribution in [0.15, 0.2) is 48.0 Å². The third-order valence-electron chi connectivity index (χ3n) is 4.12. The Bertz CT molecular complexity index is 900. The first-order valence-corrected chi connectivity index (χ1v) is 8.93. The second-order valence-electron chi connectivity index (χ2n) is 6.07. The zero-order valence-corrected chi connectivity index (χ0v) is 16.5. The first-order chi connectivity index (χ1) is 13.5. The standard InChI is InChI=1S/C22H24N2O4/c1-5-15(2)28-21-16(8-6-11-20(21)27-4)12-17(14-23)22(25)24-18-9-7-10-19(13-18)26-3/h6-13,15H,5H2,1-4H3,(H,24,25)/b17-12+/t15-/m1/s1. The molecule has 0 aliphatic carbocycles. The molecule has 0 heterocycles. The summed E-state index contributed by atoms with van der Waals surface area (Å²) in [6.07, 6.45) is 2.26. The van der Waals surface area contributed by atoms with Gasteiger partial charge in [0.2, 0.25) is 0 Å². The van der Waals surface area contributed by atoms with Crippen LogP contribution >= 0.6 is 0 Å². The van der Waals surface area contributed by atoms with Crippen LogP contribution in [0.3, 0.4) is 0 Å². The van der Waals surface area contributed by atoms with Crippen molar-refractivity contribution in [2.24, 2.45) is 0 Å². The lowest BCUT2D eigenvalue weighted by molar-refractivity contribution is -0.112. The molecule has 146 valence electrons. The zero-order valence-electron chi connectivity index (χ0n) is 16.5. The van der Waals surface area contributed by atoms with Crippen LogP contribution in [0.1, 0.15) is 25.8 Å². The molecule has 1 atom stereocenters. The Hall–Kier alpha value is -3.46. The Kier molecular flexibility index (Phi) is 7.46. The van der Waals surface area contributed by atoms with E-state index >= 15 is 0 Å². The van der Waals surface area contributed by atoms with E-state index in [4.69, 9.17) is 14.2 Å². The van der Waals surface area contributed by atoms with Gasteiger partial charge in [0, 0.05) is 17.3 Å². The molecule has 0 saturated carbocycles. The number of benzene rings is 2. The molecular formula is C22H24N2O4. The fourth-order valence-electron chi connectivity index (χ4n) is 2.42. The summed E-state index contributed by atoms with van der Waals surface area (Å²) in [4.78, 5) is 12.6. The van der Waals surface area contributed by atoms with Gasteiger partial charge in [-0.25, -0.2) is 0 Å². The molecule has 2 aromatic rings. The minimum atomic E-state index is -0.520. The molecule has 2 rings (SSSR count). The number of amides is 1. The maximum absolute atomic E-state index is 12.6. The number of rotatable bonds is 8. The third kappa shape index (κ3) is 5.27. The van der Waals surface area contributed by atoms with Crippen LogP contribution in [-0.4, -0.2) is 26.2 Å². The molecule has 28 heavy (non-hydrogen) atoms. The summed E-state index contributed by atoms with van der Waals surface area (Å²) in [5, 5.41) is 12.2. The van der Waals surface area contributed by atoms with E-state index in [-0.39, 0.29) is 11.7 Å². The minimum absolute atomic E-state index is 0.0420. The van der Waals surface area contributed by atoms with E-state index < -0.39 is 5.91 Å². The van der Waals surface area contributed by atoms with E-state index in [9.17, 15) is 10.1 Å². The van der Waals surface area contributed by atoms with E-state index in [1.54, 1.807) is 56.7 Å². The van der Waals surface area contributed by atoms with Crippen LogP contribution in [0.2, 0.25) is 0 Å². The second kappa shape index (κ2) is 10.0. The number of nitrogens with zero attached hydrogens (tertiary/aromatic N) is 1. The second-order valence-corrected chi connectivity index (χ2v) is 6.07. The third-order valence-corrected chi connectivity index (χ3v) is 4.12.